The molecule has 46 heavy (non-hydrogen) atoms. The molecule has 0 bridgehead atoms. The largest absolute Gasteiger partial charge is 0.493 e. The standard InChI is InChI=1S/C36H47N3O6S/c1-7-32(36(41)37-29-11-9-8-10-12-29)38(23-28-15-13-25(2)14-16-28)35(40)24-39(30-20-26(3)19-27(4)21-30)46(42,43)31-17-18-33(44-5)34(22-31)45-6/h13-22,29,32H,7-12,23-24H2,1-6H3,(H,37,41). The molecule has 0 radical (unpaired) electrons. The quantitative estimate of drug-likeness (QED) is 0.241. The number of hydrogen-bond acceptors (Lipinski definition) is 6. The maximum Gasteiger partial charge on any atom is 0.264 e. The minimum absolute atomic E-state index is 0.0516. The maximum absolute atomic E-state index is 14.5. The first-order valence-electron chi connectivity index (χ1n) is 15.9. The Morgan fingerprint density at radius 2 is 1.48 bits per heavy atom. The van der Waals surface area contributed by atoms with E-state index < -0.39 is 28.5 Å². The second kappa shape index (κ2) is 15.5. The number of carbonyl (C=O) groups is 2. The number of amides is 2. The Kier molecular flexibility index (Phi) is 11.7. The van der Waals surface area contributed by atoms with Gasteiger partial charge in [-0.2, -0.15) is 0 Å². The van der Waals surface area contributed by atoms with E-state index in [0.717, 1.165) is 58.7 Å². The Bertz CT molecular complexity index is 1600. The lowest BCUT2D eigenvalue weighted by molar-refractivity contribution is -0.140. The molecule has 4 rings (SSSR count). The van der Waals surface area contributed by atoms with Crippen molar-refractivity contribution in [3.8, 4) is 11.5 Å². The predicted octanol–water partition coefficient (Wildman–Crippen LogP) is 6.08. The van der Waals surface area contributed by atoms with Crippen LogP contribution in [0.5, 0.6) is 11.5 Å². The highest BCUT2D eigenvalue weighted by molar-refractivity contribution is 7.92. The molecule has 248 valence electrons. The smallest absolute Gasteiger partial charge is 0.264 e. The highest BCUT2D eigenvalue weighted by Crippen LogP contribution is 2.33. The summed E-state index contributed by atoms with van der Waals surface area (Å²) < 4.78 is 40.6. The monoisotopic (exact) mass is 649 g/mol. The minimum atomic E-state index is -4.28. The highest BCUT2D eigenvalue weighted by Gasteiger charge is 2.35. The van der Waals surface area contributed by atoms with E-state index in [0.29, 0.717) is 17.9 Å². The van der Waals surface area contributed by atoms with E-state index in [9.17, 15) is 18.0 Å². The van der Waals surface area contributed by atoms with E-state index in [1.165, 1.54) is 37.3 Å². The summed E-state index contributed by atoms with van der Waals surface area (Å²) >= 11 is 0. The number of anilines is 1. The lowest BCUT2D eigenvalue weighted by atomic mass is 9.95. The average Bonchev–Trinajstić information content (AvgIpc) is 3.03. The van der Waals surface area contributed by atoms with Gasteiger partial charge in [0.1, 0.15) is 12.6 Å². The number of carbonyl (C=O) groups excluding carboxylic acids is 2. The van der Waals surface area contributed by atoms with Gasteiger partial charge >= 0.3 is 0 Å². The molecule has 1 aliphatic carbocycles. The summed E-state index contributed by atoms with van der Waals surface area (Å²) in [6, 6.07) is 16.9. The first kappa shape index (κ1) is 34.8. The molecule has 3 aromatic carbocycles. The zero-order valence-electron chi connectivity index (χ0n) is 27.8. The maximum atomic E-state index is 14.5. The topological polar surface area (TPSA) is 105 Å². The number of rotatable bonds is 13. The Morgan fingerprint density at radius 3 is 2.07 bits per heavy atom. The summed E-state index contributed by atoms with van der Waals surface area (Å²) in [6.07, 6.45) is 5.49. The molecule has 1 N–H and O–H groups in total. The summed E-state index contributed by atoms with van der Waals surface area (Å²) in [5.74, 6) is -0.0544. The van der Waals surface area contributed by atoms with E-state index in [2.05, 4.69) is 5.32 Å². The van der Waals surface area contributed by atoms with Crippen molar-refractivity contribution in [3.05, 3.63) is 82.9 Å². The molecule has 2 amide bonds. The summed E-state index contributed by atoms with van der Waals surface area (Å²) in [5, 5.41) is 3.19. The van der Waals surface area contributed by atoms with Gasteiger partial charge in [-0.05, 0) is 81.0 Å². The Morgan fingerprint density at radius 1 is 0.848 bits per heavy atom. The van der Waals surface area contributed by atoms with Crippen LogP contribution in [-0.4, -0.2) is 58.0 Å². The van der Waals surface area contributed by atoms with Crippen molar-refractivity contribution in [2.75, 3.05) is 25.1 Å². The molecule has 0 spiro atoms. The molecule has 0 aliphatic heterocycles. The molecule has 1 unspecified atom stereocenters. The van der Waals surface area contributed by atoms with Crippen LogP contribution in [-0.2, 0) is 26.2 Å². The minimum Gasteiger partial charge on any atom is -0.493 e. The van der Waals surface area contributed by atoms with Gasteiger partial charge in [-0.15, -0.1) is 0 Å². The fourth-order valence-corrected chi connectivity index (χ4v) is 7.50. The fourth-order valence-electron chi connectivity index (χ4n) is 6.08. The van der Waals surface area contributed by atoms with Crippen molar-refractivity contribution in [1.29, 1.82) is 0 Å². The number of methoxy groups -OCH3 is 2. The normalized spacial score (nSPS) is 14.3. The van der Waals surface area contributed by atoms with Crippen molar-refractivity contribution in [1.82, 2.24) is 10.2 Å². The number of hydrogen-bond donors (Lipinski definition) is 1. The highest BCUT2D eigenvalue weighted by atomic mass is 32.2. The van der Waals surface area contributed by atoms with Gasteiger partial charge in [-0.3, -0.25) is 13.9 Å². The fraction of sp³-hybridized carbons (Fsp3) is 0.444. The molecule has 1 fully saturated rings. The number of ether oxygens (including phenoxy) is 2. The number of sulfonamides is 1. The van der Waals surface area contributed by atoms with Crippen molar-refractivity contribution in [2.45, 2.75) is 89.7 Å². The second-order valence-corrected chi connectivity index (χ2v) is 14.0. The number of nitrogens with one attached hydrogen (secondary N) is 1. The Labute approximate surface area is 273 Å². The molecule has 3 aromatic rings. The number of aryl methyl sites for hydroxylation is 3. The van der Waals surface area contributed by atoms with Crippen LogP contribution in [0.4, 0.5) is 5.69 Å². The third-order valence-corrected chi connectivity index (χ3v) is 10.3. The van der Waals surface area contributed by atoms with Gasteiger partial charge in [0.2, 0.25) is 11.8 Å². The molecule has 0 saturated heterocycles. The third-order valence-electron chi connectivity index (χ3n) is 8.53. The molecular formula is C36H47N3O6S. The van der Waals surface area contributed by atoms with Crippen molar-refractivity contribution in [3.63, 3.8) is 0 Å². The van der Waals surface area contributed by atoms with Crippen molar-refractivity contribution >= 4 is 27.5 Å². The Balaban J connectivity index is 1.76. The van der Waals surface area contributed by atoms with Crippen LogP contribution >= 0.6 is 0 Å². The average molecular weight is 650 g/mol. The lowest BCUT2D eigenvalue weighted by Gasteiger charge is -2.34. The van der Waals surface area contributed by atoms with Gasteiger partial charge in [0, 0.05) is 18.7 Å². The zero-order chi connectivity index (χ0) is 33.4. The molecular weight excluding hydrogens is 602 g/mol. The van der Waals surface area contributed by atoms with Crippen LogP contribution in [0.3, 0.4) is 0 Å². The van der Waals surface area contributed by atoms with Crippen LogP contribution in [0.25, 0.3) is 0 Å². The Hall–Kier alpha value is -4.05. The molecule has 10 heteroatoms. The SMILES string of the molecule is CCC(C(=O)NC1CCCCC1)N(Cc1ccc(C)cc1)C(=O)CN(c1cc(C)cc(C)c1)S(=O)(=O)c1ccc(OC)c(OC)c1. The molecule has 1 atom stereocenters. The van der Waals surface area contributed by atoms with Gasteiger partial charge in [0.25, 0.3) is 10.0 Å². The van der Waals surface area contributed by atoms with Gasteiger partial charge < -0.3 is 19.7 Å². The van der Waals surface area contributed by atoms with Gasteiger partial charge in [0.15, 0.2) is 11.5 Å². The second-order valence-electron chi connectivity index (χ2n) is 12.1. The predicted molar refractivity (Wildman–Crippen MR) is 181 cm³/mol. The molecule has 0 aromatic heterocycles. The third kappa shape index (κ3) is 8.40. The van der Waals surface area contributed by atoms with Crippen LogP contribution in [0, 0.1) is 20.8 Å². The number of benzene rings is 3. The van der Waals surface area contributed by atoms with E-state index in [4.69, 9.17) is 9.47 Å². The summed E-state index contributed by atoms with van der Waals surface area (Å²) in [5.41, 5.74) is 3.99. The van der Waals surface area contributed by atoms with Gasteiger partial charge in [0.05, 0.1) is 24.8 Å². The molecule has 1 aliphatic rings. The van der Waals surface area contributed by atoms with E-state index in [-0.39, 0.29) is 29.1 Å². The molecule has 1 saturated carbocycles. The van der Waals surface area contributed by atoms with E-state index in [1.807, 2.05) is 58.0 Å². The molecule has 9 nitrogen and oxygen atoms in total. The summed E-state index contributed by atoms with van der Waals surface area (Å²) in [6.45, 7) is 7.28. The van der Waals surface area contributed by atoms with Crippen LogP contribution < -0.4 is 19.1 Å². The van der Waals surface area contributed by atoms with Crippen LogP contribution in [0.15, 0.2) is 65.6 Å². The van der Waals surface area contributed by atoms with Crippen molar-refractivity contribution < 1.29 is 27.5 Å². The number of nitrogens with zero attached hydrogens (tertiary/aromatic N) is 2. The van der Waals surface area contributed by atoms with Gasteiger partial charge in [-0.1, -0.05) is 62.1 Å². The summed E-state index contributed by atoms with van der Waals surface area (Å²) in [7, 11) is -1.37. The van der Waals surface area contributed by atoms with E-state index >= 15 is 0 Å². The van der Waals surface area contributed by atoms with Crippen molar-refractivity contribution in [2.24, 2.45) is 0 Å². The lowest BCUT2D eigenvalue weighted by Crippen LogP contribution is -2.54. The van der Waals surface area contributed by atoms with Gasteiger partial charge in [-0.25, -0.2) is 8.42 Å². The molecule has 0 heterocycles. The summed E-state index contributed by atoms with van der Waals surface area (Å²) in [4.78, 5) is 29.7. The van der Waals surface area contributed by atoms with E-state index in [1.54, 1.807) is 12.1 Å². The van der Waals surface area contributed by atoms with Crippen LogP contribution in [0.2, 0.25) is 0 Å². The first-order chi connectivity index (χ1) is 22.0. The first-order valence-corrected chi connectivity index (χ1v) is 17.4. The van der Waals surface area contributed by atoms with Crippen LogP contribution in [0.1, 0.15) is 67.7 Å². The zero-order valence-corrected chi connectivity index (χ0v) is 28.7.